The van der Waals surface area contributed by atoms with E-state index in [-0.39, 0.29) is 49.7 Å². The Kier molecular flexibility index (Phi) is 10.6. The van der Waals surface area contributed by atoms with Gasteiger partial charge in [0, 0.05) is 42.4 Å². The molecular formula is C35H19Br4F6NO3S2. The van der Waals surface area contributed by atoms with Crippen LogP contribution in [0.1, 0.15) is 0 Å². The lowest BCUT2D eigenvalue weighted by Crippen LogP contribution is -2.63. The molecule has 264 valence electrons. The second-order valence-electron chi connectivity index (χ2n) is 10.8. The normalized spacial score (nSPS) is 13.6. The Morgan fingerprint density at radius 2 is 0.961 bits per heavy atom. The number of halogens is 10. The third kappa shape index (κ3) is 6.47. The van der Waals surface area contributed by atoms with Crippen LogP contribution in [0.3, 0.4) is 0 Å². The molecule has 0 aromatic heterocycles. The molecule has 1 aliphatic heterocycles. The van der Waals surface area contributed by atoms with Crippen molar-refractivity contribution >= 4 is 109 Å². The summed E-state index contributed by atoms with van der Waals surface area (Å²) in [5.41, 5.74) is -0.600. The Balaban J connectivity index is 1.47. The predicted molar refractivity (Wildman–Crippen MR) is 198 cm³/mol. The van der Waals surface area contributed by atoms with Crippen LogP contribution in [-0.2, 0) is 13.8 Å². The molecule has 16 heteroatoms. The zero-order valence-corrected chi connectivity index (χ0v) is 33.2. The summed E-state index contributed by atoms with van der Waals surface area (Å²) in [7, 11) is -3.59. The van der Waals surface area contributed by atoms with Gasteiger partial charge in [0.1, 0.15) is 0 Å². The molecule has 51 heavy (non-hydrogen) atoms. The van der Waals surface area contributed by atoms with Gasteiger partial charge in [0.2, 0.25) is 0 Å². The van der Waals surface area contributed by atoms with Crippen LogP contribution in [0.2, 0.25) is 0 Å². The summed E-state index contributed by atoms with van der Waals surface area (Å²) >= 11 is 14.0. The van der Waals surface area contributed by atoms with Gasteiger partial charge in [0.05, 0.1) is 11.4 Å². The Hall–Kier alpha value is -2.76. The fraction of sp³-hybridized carbons (Fsp3) is 0.0857. The first-order valence-electron chi connectivity index (χ1n) is 14.4. The minimum atomic E-state index is -6.60. The molecule has 0 saturated heterocycles. The van der Waals surface area contributed by atoms with E-state index in [4.69, 9.17) is 4.18 Å². The van der Waals surface area contributed by atoms with Crippen molar-refractivity contribution in [2.45, 2.75) is 42.2 Å². The van der Waals surface area contributed by atoms with Gasteiger partial charge < -0.3 is 4.18 Å². The van der Waals surface area contributed by atoms with E-state index >= 15 is 26.3 Å². The van der Waals surface area contributed by atoms with E-state index in [0.717, 1.165) is 11.8 Å². The van der Waals surface area contributed by atoms with Gasteiger partial charge in [-0.05, 0) is 103 Å². The largest absolute Gasteiger partial charge is 0.412 e. The van der Waals surface area contributed by atoms with E-state index in [1.807, 2.05) is 0 Å². The topological polar surface area (TPSA) is 46.6 Å². The average Bonchev–Trinajstić information content (AvgIpc) is 3.10. The van der Waals surface area contributed by atoms with E-state index < -0.39 is 40.0 Å². The van der Waals surface area contributed by atoms with Crippen molar-refractivity contribution in [2.75, 3.05) is 4.90 Å². The quantitative estimate of drug-likeness (QED) is 0.145. The highest BCUT2D eigenvalue weighted by Crippen LogP contribution is 2.70. The lowest BCUT2D eigenvalue weighted by molar-refractivity contribution is -0.290. The fourth-order valence-corrected chi connectivity index (χ4v) is 12.9. The highest BCUT2D eigenvalue weighted by atomic mass is 79.9. The summed E-state index contributed by atoms with van der Waals surface area (Å²) in [5, 5.41) is 0. The van der Waals surface area contributed by atoms with Crippen molar-refractivity contribution < 1.29 is 40.1 Å². The number of carbonyl (C=O) groups is 2. The highest BCUT2D eigenvalue weighted by Gasteiger charge is 2.80. The number of nitrogens with zero attached hydrogens (tertiary/aromatic N) is 1. The summed E-state index contributed by atoms with van der Waals surface area (Å²) in [6, 6.07) is 28.3. The SMILES string of the molecule is O=C(OS(c1ccccc1)(c1ccccc1)c1ccccc1)C(F)(F)C(F)(F)C(F)(F)C(=O)N1c2c(Br)cc(Br)cc2Sc2cc(Br)cc(Br)c21. The molecule has 0 bridgehead atoms. The van der Waals surface area contributed by atoms with Gasteiger partial charge in [-0.15, -0.1) is 0 Å². The molecule has 1 aliphatic rings. The molecule has 6 rings (SSSR count). The molecule has 0 radical (unpaired) electrons. The number of hydrogen-bond donors (Lipinski definition) is 0. The minimum Gasteiger partial charge on any atom is -0.397 e. The summed E-state index contributed by atoms with van der Waals surface area (Å²) < 4.78 is 103. The van der Waals surface area contributed by atoms with Crippen LogP contribution in [0.15, 0.2) is 158 Å². The molecule has 5 aromatic rings. The lowest BCUT2D eigenvalue weighted by Gasteiger charge is -2.42. The van der Waals surface area contributed by atoms with Crippen LogP contribution in [0.4, 0.5) is 37.7 Å². The van der Waals surface area contributed by atoms with Crippen LogP contribution in [0, 0.1) is 0 Å². The average molecular weight is 999 g/mol. The molecule has 0 aliphatic carbocycles. The third-order valence-electron chi connectivity index (χ3n) is 7.60. The van der Waals surface area contributed by atoms with E-state index in [1.54, 1.807) is 18.2 Å². The van der Waals surface area contributed by atoms with E-state index in [2.05, 4.69) is 63.7 Å². The Labute approximate surface area is 327 Å². The second-order valence-corrected chi connectivity index (χ2v) is 18.1. The van der Waals surface area contributed by atoms with Crippen molar-refractivity contribution in [1.29, 1.82) is 0 Å². The zero-order chi connectivity index (χ0) is 36.9. The number of fused-ring (bicyclic) bond motifs is 2. The van der Waals surface area contributed by atoms with Gasteiger partial charge >= 0.3 is 29.6 Å². The standard InChI is InChI=1S/C35H19Br4F6NO3S2/c36-20-16-25(38)29-27(18-20)50-28-19-21(37)17-26(39)30(28)46(29)31(47)33(40,41)35(44,45)34(42,43)32(48)49-51(22-10-4-1-5-11-22,23-12-6-2-7-13-23)24-14-8-3-9-15-24/h1-19H. The van der Waals surface area contributed by atoms with Crippen molar-refractivity contribution in [3.8, 4) is 0 Å². The maximum Gasteiger partial charge on any atom is 0.412 e. The van der Waals surface area contributed by atoms with Crippen molar-refractivity contribution in [3.05, 3.63) is 133 Å². The van der Waals surface area contributed by atoms with Crippen LogP contribution in [-0.4, -0.2) is 29.6 Å². The molecular weight excluding hydrogens is 980 g/mol. The number of alkyl halides is 6. The molecule has 1 heterocycles. The highest BCUT2D eigenvalue weighted by molar-refractivity contribution is 9.11. The van der Waals surface area contributed by atoms with Gasteiger partial charge in [-0.1, -0.05) is 98.2 Å². The van der Waals surface area contributed by atoms with E-state index in [1.165, 1.54) is 97.1 Å². The summed E-state index contributed by atoms with van der Waals surface area (Å²) in [6.45, 7) is 0. The number of rotatable bonds is 8. The van der Waals surface area contributed by atoms with Gasteiger partial charge in [-0.2, -0.15) is 26.3 Å². The molecule has 0 saturated carbocycles. The van der Waals surface area contributed by atoms with Crippen molar-refractivity contribution in [2.24, 2.45) is 0 Å². The van der Waals surface area contributed by atoms with Crippen molar-refractivity contribution in [3.63, 3.8) is 0 Å². The first-order valence-corrected chi connectivity index (χ1v) is 19.9. The van der Waals surface area contributed by atoms with Gasteiger partial charge in [-0.25, -0.2) is 4.79 Å². The first kappa shape index (κ1) is 38.0. The second kappa shape index (κ2) is 14.2. The molecule has 0 atom stereocenters. The molecule has 1 amide bonds. The van der Waals surface area contributed by atoms with E-state index in [0.29, 0.717) is 8.95 Å². The summed E-state index contributed by atoms with van der Waals surface area (Å²) in [5.74, 6) is -24.7. The maximum absolute atomic E-state index is 16.2. The van der Waals surface area contributed by atoms with Crippen molar-refractivity contribution in [1.82, 2.24) is 0 Å². The van der Waals surface area contributed by atoms with Gasteiger partial charge in [0.25, 0.3) is 0 Å². The number of carbonyl (C=O) groups excluding carboxylic acids is 2. The molecule has 4 nitrogen and oxygen atoms in total. The molecule has 0 unspecified atom stereocenters. The first-order chi connectivity index (χ1) is 24.0. The Morgan fingerprint density at radius 3 is 1.33 bits per heavy atom. The van der Waals surface area contributed by atoms with Crippen LogP contribution in [0.25, 0.3) is 0 Å². The van der Waals surface area contributed by atoms with Crippen LogP contribution < -0.4 is 4.90 Å². The Bertz CT molecular complexity index is 1990. The van der Waals surface area contributed by atoms with E-state index in [9.17, 15) is 9.59 Å². The summed E-state index contributed by atoms with van der Waals surface area (Å²) in [4.78, 5) is 28.4. The molecule has 0 N–H and O–H groups in total. The van der Waals surface area contributed by atoms with Gasteiger partial charge in [-0.3, -0.25) is 9.69 Å². The predicted octanol–water partition coefficient (Wildman–Crippen LogP) is 13.2. The van der Waals surface area contributed by atoms with Crippen LogP contribution >= 0.6 is 85.8 Å². The van der Waals surface area contributed by atoms with Gasteiger partial charge in [0.15, 0.2) is 0 Å². The lowest BCUT2D eigenvalue weighted by atomic mass is 10.0. The minimum absolute atomic E-state index is 0.0143. The molecule has 5 aromatic carbocycles. The smallest absolute Gasteiger partial charge is 0.397 e. The number of anilines is 2. The zero-order valence-electron chi connectivity index (χ0n) is 25.2. The number of amides is 1. The number of benzene rings is 5. The number of hydrogen-bond acceptors (Lipinski definition) is 4. The Morgan fingerprint density at radius 1 is 0.588 bits per heavy atom. The maximum atomic E-state index is 16.2. The molecule has 0 fully saturated rings. The monoisotopic (exact) mass is 995 g/mol. The fourth-order valence-electron chi connectivity index (χ4n) is 5.26. The van der Waals surface area contributed by atoms with Crippen LogP contribution in [0.5, 0.6) is 0 Å². The third-order valence-corrected chi connectivity index (χ3v) is 14.0. The summed E-state index contributed by atoms with van der Waals surface area (Å²) in [6.07, 6.45) is 0. The molecule has 0 spiro atoms.